The van der Waals surface area contributed by atoms with Crippen molar-refractivity contribution in [2.45, 2.75) is 19.6 Å². The molecule has 0 aliphatic heterocycles. The maximum absolute atomic E-state index is 9.06. The van der Waals surface area contributed by atoms with Gasteiger partial charge in [-0.25, -0.2) is 4.98 Å². The van der Waals surface area contributed by atoms with E-state index in [0.717, 1.165) is 50.0 Å². The molecule has 0 radical (unpaired) electrons. The minimum absolute atomic E-state index is 0.415. The molecule has 0 unspecified atom stereocenters. The van der Waals surface area contributed by atoms with Crippen LogP contribution in [0.3, 0.4) is 0 Å². The first kappa shape index (κ1) is 23.3. The maximum atomic E-state index is 9.06. The van der Waals surface area contributed by atoms with Crippen molar-refractivity contribution in [1.82, 2.24) is 4.98 Å². The molecule has 0 atom stereocenters. The van der Waals surface area contributed by atoms with Crippen molar-refractivity contribution in [2.24, 2.45) is 0 Å². The van der Waals surface area contributed by atoms with Crippen LogP contribution < -0.4 is 9.47 Å². The fourth-order valence-corrected chi connectivity index (χ4v) is 4.19. The van der Waals surface area contributed by atoms with Gasteiger partial charge in [0, 0.05) is 5.39 Å². The first-order valence-corrected chi connectivity index (χ1v) is 11.9. The molecule has 0 spiro atoms. The lowest BCUT2D eigenvalue weighted by Crippen LogP contribution is -2.01. The Kier molecular flexibility index (Phi) is 7.07. The summed E-state index contributed by atoms with van der Waals surface area (Å²) >= 11 is 0. The van der Waals surface area contributed by atoms with Crippen molar-refractivity contribution in [3.63, 3.8) is 0 Å². The fourth-order valence-electron chi connectivity index (χ4n) is 4.19. The van der Waals surface area contributed by atoms with Gasteiger partial charge in [-0.1, -0.05) is 48.5 Å². The number of nitriles is 1. The predicted molar refractivity (Wildman–Crippen MR) is 141 cm³/mol. The summed E-state index contributed by atoms with van der Waals surface area (Å²) in [5.74, 6) is 1.53. The zero-order valence-corrected chi connectivity index (χ0v) is 20.1. The molecule has 1 aromatic heterocycles. The van der Waals surface area contributed by atoms with Crippen LogP contribution in [0.15, 0.2) is 91.0 Å². The third-order valence-corrected chi connectivity index (χ3v) is 6.12. The van der Waals surface area contributed by atoms with Crippen LogP contribution in [0.25, 0.3) is 21.7 Å². The normalized spacial score (nSPS) is 10.9. The maximum Gasteiger partial charge on any atom is 0.130 e. The summed E-state index contributed by atoms with van der Waals surface area (Å²) in [7, 11) is 1.62. The molecule has 5 nitrogen and oxygen atoms in total. The van der Waals surface area contributed by atoms with E-state index in [-0.39, 0.29) is 0 Å². The molecule has 178 valence electrons. The van der Waals surface area contributed by atoms with Crippen molar-refractivity contribution < 1.29 is 14.2 Å². The molecule has 5 heteroatoms. The first-order valence-electron chi connectivity index (χ1n) is 11.9. The molecule has 36 heavy (non-hydrogen) atoms. The summed E-state index contributed by atoms with van der Waals surface area (Å²) in [4.78, 5) is 4.69. The van der Waals surface area contributed by atoms with E-state index in [1.54, 1.807) is 19.2 Å². The molecule has 5 aromatic rings. The Hall–Kier alpha value is -4.40. The highest BCUT2D eigenvalue weighted by molar-refractivity contribution is 5.84. The molecule has 0 saturated carbocycles. The minimum atomic E-state index is 0.415. The monoisotopic (exact) mass is 474 g/mol. The highest BCUT2D eigenvalue weighted by Crippen LogP contribution is 2.24. The average Bonchev–Trinajstić information content (AvgIpc) is 2.93. The highest BCUT2D eigenvalue weighted by atomic mass is 16.5. The molecule has 0 fully saturated rings. The summed E-state index contributed by atoms with van der Waals surface area (Å²) in [5, 5.41) is 12.4. The van der Waals surface area contributed by atoms with Crippen molar-refractivity contribution >= 4 is 21.7 Å². The molecule has 5 rings (SSSR count). The standard InChI is InChI=1S/C31H26N2O3/c1-34-31-17-22(19-32)6-9-26(31)14-15-35-20-23-7-8-24-11-13-29(18-27(24)16-23)36-21-28-12-10-25-4-2-3-5-30(25)33-28/h2-13,16-18H,14-15,20-21H2,1H3. The van der Waals surface area contributed by atoms with Gasteiger partial charge in [0.25, 0.3) is 0 Å². The van der Waals surface area contributed by atoms with Gasteiger partial charge in [-0.05, 0) is 70.8 Å². The second-order valence-electron chi connectivity index (χ2n) is 8.57. The van der Waals surface area contributed by atoms with Gasteiger partial charge in [0.05, 0.1) is 43.2 Å². The lowest BCUT2D eigenvalue weighted by molar-refractivity contribution is 0.123. The van der Waals surface area contributed by atoms with Gasteiger partial charge in [-0.3, -0.25) is 0 Å². The molecule has 0 N–H and O–H groups in total. The van der Waals surface area contributed by atoms with E-state index < -0.39 is 0 Å². The Balaban J connectivity index is 1.19. The van der Waals surface area contributed by atoms with Crippen LogP contribution in [0.2, 0.25) is 0 Å². The molecule has 4 aromatic carbocycles. The van der Waals surface area contributed by atoms with Crippen molar-refractivity contribution in [2.75, 3.05) is 13.7 Å². The quantitative estimate of drug-likeness (QED) is 0.225. The number of nitrogens with zero attached hydrogens (tertiary/aromatic N) is 2. The van der Waals surface area contributed by atoms with E-state index in [9.17, 15) is 0 Å². The van der Waals surface area contributed by atoms with Crippen molar-refractivity contribution in [1.29, 1.82) is 5.26 Å². The number of aromatic nitrogens is 1. The molecular formula is C31H26N2O3. The van der Waals surface area contributed by atoms with E-state index >= 15 is 0 Å². The lowest BCUT2D eigenvalue weighted by atomic mass is 10.1. The van der Waals surface area contributed by atoms with Crippen molar-refractivity contribution in [3.8, 4) is 17.6 Å². The second kappa shape index (κ2) is 10.9. The van der Waals surface area contributed by atoms with Crippen LogP contribution in [0.1, 0.15) is 22.4 Å². The molecule has 0 amide bonds. The minimum Gasteiger partial charge on any atom is -0.496 e. The van der Waals surface area contributed by atoms with Gasteiger partial charge in [-0.2, -0.15) is 5.26 Å². The Bertz CT molecular complexity index is 1560. The molecule has 0 bridgehead atoms. The van der Waals surface area contributed by atoms with E-state index in [4.69, 9.17) is 19.5 Å². The van der Waals surface area contributed by atoms with Gasteiger partial charge >= 0.3 is 0 Å². The summed E-state index contributed by atoms with van der Waals surface area (Å²) in [6.45, 7) is 1.49. The summed E-state index contributed by atoms with van der Waals surface area (Å²) in [6.07, 6.45) is 0.712. The van der Waals surface area contributed by atoms with Gasteiger partial charge in [0.2, 0.25) is 0 Å². The smallest absolute Gasteiger partial charge is 0.130 e. The van der Waals surface area contributed by atoms with Crippen LogP contribution in [-0.2, 0) is 24.4 Å². The lowest BCUT2D eigenvalue weighted by Gasteiger charge is -2.10. The van der Waals surface area contributed by atoms with Crippen LogP contribution in [0, 0.1) is 11.3 Å². The van der Waals surface area contributed by atoms with Gasteiger partial charge in [0.15, 0.2) is 0 Å². The summed E-state index contributed by atoms with van der Waals surface area (Å²) in [6, 6.07) is 32.2. The number of pyridine rings is 1. The average molecular weight is 475 g/mol. The number of hydrogen-bond acceptors (Lipinski definition) is 5. The topological polar surface area (TPSA) is 64.4 Å². The van der Waals surface area contributed by atoms with Gasteiger partial charge in [0.1, 0.15) is 18.1 Å². The molecule has 0 saturated heterocycles. The number of para-hydroxylation sites is 1. The third-order valence-electron chi connectivity index (χ3n) is 6.12. The first-order chi connectivity index (χ1) is 17.7. The molecular weight excluding hydrogens is 448 g/mol. The van der Waals surface area contributed by atoms with Gasteiger partial charge < -0.3 is 14.2 Å². The Morgan fingerprint density at radius 2 is 1.67 bits per heavy atom. The van der Waals surface area contributed by atoms with Crippen LogP contribution in [0.4, 0.5) is 0 Å². The molecule has 0 aliphatic carbocycles. The Labute approximate surface area is 210 Å². The fraction of sp³-hybridized carbons (Fsp3) is 0.161. The number of fused-ring (bicyclic) bond motifs is 2. The Morgan fingerprint density at radius 3 is 2.56 bits per heavy atom. The number of rotatable bonds is 9. The largest absolute Gasteiger partial charge is 0.496 e. The predicted octanol–water partition coefficient (Wildman–Crippen LogP) is 6.61. The highest BCUT2D eigenvalue weighted by Gasteiger charge is 2.06. The molecule has 0 aliphatic rings. The van der Waals surface area contributed by atoms with E-state index in [0.29, 0.717) is 31.8 Å². The van der Waals surface area contributed by atoms with E-state index in [2.05, 4.69) is 53.5 Å². The van der Waals surface area contributed by atoms with E-state index in [1.807, 2.05) is 36.4 Å². The van der Waals surface area contributed by atoms with Crippen LogP contribution in [-0.4, -0.2) is 18.7 Å². The third kappa shape index (κ3) is 5.46. The van der Waals surface area contributed by atoms with Gasteiger partial charge in [-0.15, -0.1) is 0 Å². The van der Waals surface area contributed by atoms with Crippen LogP contribution in [0.5, 0.6) is 11.5 Å². The zero-order valence-electron chi connectivity index (χ0n) is 20.1. The summed E-state index contributed by atoms with van der Waals surface area (Å²) in [5.41, 5.74) is 4.58. The zero-order chi connectivity index (χ0) is 24.7. The number of benzene rings is 4. The number of methoxy groups -OCH3 is 1. The van der Waals surface area contributed by atoms with E-state index in [1.165, 1.54) is 0 Å². The van der Waals surface area contributed by atoms with Crippen LogP contribution >= 0.6 is 0 Å². The summed E-state index contributed by atoms with van der Waals surface area (Å²) < 4.78 is 17.4. The Morgan fingerprint density at radius 1 is 0.806 bits per heavy atom. The SMILES string of the molecule is COc1cc(C#N)ccc1CCOCc1ccc2ccc(OCc3ccc4ccccc4n3)cc2c1. The second-order valence-corrected chi connectivity index (χ2v) is 8.57. The van der Waals surface area contributed by atoms with Crippen molar-refractivity contribution in [3.05, 3.63) is 113 Å². The molecule has 1 heterocycles. The number of ether oxygens (including phenoxy) is 3. The number of hydrogen-bond donors (Lipinski definition) is 0.